The second-order valence-electron chi connectivity index (χ2n) is 6.98. The van der Waals surface area contributed by atoms with Crippen molar-refractivity contribution >= 4 is 46.4 Å². The Morgan fingerprint density at radius 1 is 1.10 bits per heavy atom. The molecule has 2 aromatic carbocycles. The summed E-state index contributed by atoms with van der Waals surface area (Å²) in [6.45, 7) is 3.89. The molecule has 2 aromatic rings. The maximum absolute atomic E-state index is 12.7. The molecular weight excluding hydrogens is 390 g/mol. The van der Waals surface area contributed by atoms with E-state index in [9.17, 15) is 14.4 Å². The number of hydrogen-bond donors (Lipinski definition) is 2. The zero-order valence-electron chi connectivity index (χ0n) is 16.3. The standard InChI is InChI=1S/C21H21N3O4S/c1-12(2)10-18(25)23-21(29)22-13-8-9-16(17(11-13)28-3)24-19(26)14-6-4-5-7-15(14)20(24)27/h4-9,11-12H,10H2,1-3H3,(H2,22,23,25,29). The van der Waals surface area contributed by atoms with Gasteiger partial charge in [0.15, 0.2) is 5.11 Å². The van der Waals surface area contributed by atoms with Gasteiger partial charge in [-0.1, -0.05) is 26.0 Å². The molecule has 0 unspecified atom stereocenters. The van der Waals surface area contributed by atoms with E-state index in [1.54, 1.807) is 42.5 Å². The lowest BCUT2D eigenvalue weighted by atomic mass is 10.1. The molecule has 3 amide bonds. The van der Waals surface area contributed by atoms with Gasteiger partial charge in [-0.3, -0.25) is 14.4 Å². The molecule has 3 rings (SSSR count). The quantitative estimate of drug-likeness (QED) is 0.580. The van der Waals surface area contributed by atoms with Crippen molar-refractivity contribution < 1.29 is 19.1 Å². The molecule has 0 atom stereocenters. The monoisotopic (exact) mass is 411 g/mol. The zero-order chi connectivity index (χ0) is 21.1. The van der Waals surface area contributed by atoms with E-state index < -0.39 is 11.8 Å². The molecule has 8 heteroatoms. The highest BCUT2D eigenvalue weighted by Gasteiger charge is 2.37. The molecular formula is C21H21N3O4S. The zero-order valence-corrected chi connectivity index (χ0v) is 17.1. The van der Waals surface area contributed by atoms with Crippen LogP contribution in [-0.4, -0.2) is 29.9 Å². The normalized spacial score (nSPS) is 12.8. The lowest BCUT2D eigenvalue weighted by Crippen LogP contribution is -2.34. The number of rotatable bonds is 5. The maximum atomic E-state index is 12.7. The molecule has 0 radical (unpaired) electrons. The molecule has 1 heterocycles. The number of carbonyl (C=O) groups is 3. The molecule has 0 saturated heterocycles. The van der Waals surface area contributed by atoms with E-state index in [0.29, 0.717) is 34.7 Å². The van der Waals surface area contributed by atoms with Crippen LogP contribution in [0.4, 0.5) is 11.4 Å². The molecule has 2 N–H and O–H groups in total. The Labute approximate surface area is 174 Å². The summed E-state index contributed by atoms with van der Waals surface area (Å²) in [4.78, 5) is 38.4. The number of hydrogen-bond acceptors (Lipinski definition) is 5. The summed E-state index contributed by atoms with van der Waals surface area (Å²) in [6, 6.07) is 11.5. The van der Waals surface area contributed by atoms with Gasteiger partial charge in [-0.05, 0) is 42.4 Å². The number of carbonyl (C=O) groups excluding carboxylic acids is 3. The van der Waals surface area contributed by atoms with Crippen LogP contribution >= 0.6 is 12.2 Å². The maximum Gasteiger partial charge on any atom is 0.266 e. The smallest absolute Gasteiger partial charge is 0.266 e. The van der Waals surface area contributed by atoms with Gasteiger partial charge in [0.2, 0.25) is 5.91 Å². The van der Waals surface area contributed by atoms with E-state index in [-0.39, 0.29) is 16.9 Å². The van der Waals surface area contributed by atoms with Crippen LogP contribution in [0.3, 0.4) is 0 Å². The van der Waals surface area contributed by atoms with E-state index in [1.807, 2.05) is 13.8 Å². The van der Waals surface area contributed by atoms with E-state index in [1.165, 1.54) is 7.11 Å². The lowest BCUT2D eigenvalue weighted by molar-refractivity contribution is -0.120. The molecule has 1 aliphatic rings. The van der Waals surface area contributed by atoms with E-state index >= 15 is 0 Å². The minimum absolute atomic E-state index is 0.159. The van der Waals surface area contributed by atoms with Crippen molar-refractivity contribution in [3.63, 3.8) is 0 Å². The number of methoxy groups -OCH3 is 1. The number of benzene rings is 2. The Balaban J connectivity index is 1.80. The molecule has 0 fully saturated rings. The molecule has 0 aliphatic carbocycles. The summed E-state index contributed by atoms with van der Waals surface area (Å²) in [5.41, 5.74) is 1.60. The largest absolute Gasteiger partial charge is 0.494 e. The Kier molecular flexibility index (Phi) is 5.93. The summed E-state index contributed by atoms with van der Waals surface area (Å²) >= 11 is 5.17. The summed E-state index contributed by atoms with van der Waals surface area (Å²) in [7, 11) is 1.45. The third-order valence-electron chi connectivity index (χ3n) is 4.32. The average Bonchev–Trinajstić information content (AvgIpc) is 2.92. The van der Waals surface area contributed by atoms with Gasteiger partial charge in [0, 0.05) is 18.2 Å². The second-order valence-corrected chi connectivity index (χ2v) is 7.39. The number of imide groups is 1. The minimum atomic E-state index is -0.402. The first-order valence-electron chi connectivity index (χ1n) is 9.08. The number of thiocarbonyl (C=S) groups is 1. The minimum Gasteiger partial charge on any atom is -0.494 e. The van der Waals surface area contributed by atoms with Gasteiger partial charge in [0.1, 0.15) is 5.75 Å². The highest BCUT2D eigenvalue weighted by Crippen LogP contribution is 2.36. The Hall–Kier alpha value is -3.26. The Bertz CT molecular complexity index is 968. The predicted octanol–water partition coefficient (Wildman–Crippen LogP) is 3.35. The fourth-order valence-electron chi connectivity index (χ4n) is 3.06. The fourth-order valence-corrected chi connectivity index (χ4v) is 3.29. The average molecular weight is 411 g/mol. The topological polar surface area (TPSA) is 87.7 Å². The molecule has 150 valence electrons. The number of amides is 3. The van der Waals surface area contributed by atoms with Gasteiger partial charge >= 0.3 is 0 Å². The molecule has 1 aliphatic heterocycles. The van der Waals surface area contributed by atoms with E-state index in [2.05, 4.69) is 10.6 Å². The third-order valence-corrected chi connectivity index (χ3v) is 4.52. The molecule has 7 nitrogen and oxygen atoms in total. The van der Waals surface area contributed by atoms with Crippen molar-refractivity contribution in [3.8, 4) is 5.75 Å². The third kappa shape index (κ3) is 4.27. The van der Waals surface area contributed by atoms with E-state index in [0.717, 1.165) is 4.90 Å². The lowest BCUT2D eigenvalue weighted by Gasteiger charge is -2.19. The van der Waals surface area contributed by atoms with Crippen molar-refractivity contribution in [2.45, 2.75) is 20.3 Å². The van der Waals surface area contributed by atoms with Crippen LogP contribution in [0, 0.1) is 5.92 Å². The van der Waals surface area contributed by atoms with Crippen molar-refractivity contribution in [1.29, 1.82) is 0 Å². The number of nitrogens with one attached hydrogen (secondary N) is 2. The van der Waals surface area contributed by atoms with Crippen molar-refractivity contribution in [1.82, 2.24) is 5.32 Å². The van der Waals surface area contributed by atoms with Crippen LogP contribution in [-0.2, 0) is 4.79 Å². The van der Waals surface area contributed by atoms with Crippen LogP contribution < -0.4 is 20.3 Å². The molecule has 0 aromatic heterocycles. The van der Waals surface area contributed by atoms with Gasteiger partial charge in [0.05, 0.1) is 23.9 Å². The fraction of sp³-hybridized carbons (Fsp3) is 0.238. The molecule has 0 saturated carbocycles. The van der Waals surface area contributed by atoms with Crippen LogP contribution in [0.1, 0.15) is 41.0 Å². The summed E-state index contributed by atoms with van der Waals surface area (Å²) in [6.07, 6.45) is 0.365. The SMILES string of the molecule is COc1cc(NC(=S)NC(=O)CC(C)C)ccc1N1C(=O)c2ccccc2C1=O. The number of nitrogens with zero attached hydrogens (tertiary/aromatic N) is 1. The van der Waals surface area contributed by atoms with Crippen LogP contribution in [0.5, 0.6) is 5.75 Å². The predicted molar refractivity (Wildman–Crippen MR) is 114 cm³/mol. The molecule has 0 bridgehead atoms. The van der Waals surface area contributed by atoms with Gasteiger partial charge < -0.3 is 15.4 Å². The molecule has 0 spiro atoms. The first kappa shape index (κ1) is 20.5. The van der Waals surface area contributed by atoms with Crippen molar-refractivity contribution in [3.05, 3.63) is 53.6 Å². The highest BCUT2D eigenvalue weighted by molar-refractivity contribution is 7.80. The Morgan fingerprint density at radius 2 is 1.72 bits per heavy atom. The summed E-state index contributed by atoms with van der Waals surface area (Å²) in [5.74, 6) is -0.438. The summed E-state index contributed by atoms with van der Waals surface area (Å²) < 4.78 is 5.39. The van der Waals surface area contributed by atoms with Gasteiger partial charge in [-0.25, -0.2) is 4.90 Å². The number of ether oxygens (including phenoxy) is 1. The van der Waals surface area contributed by atoms with Gasteiger partial charge in [0.25, 0.3) is 11.8 Å². The van der Waals surface area contributed by atoms with Crippen LogP contribution in [0.25, 0.3) is 0 Å². The number of anilines is 2. The van der Waals surface area contributed by atoms with Crippen LogP contribution in [0.15, 0.2) is 42.5 Å². The Morgan fingerprint density at radius 3 is 2.28 bits per heavy atom. The summed E-state index contributed by atoms with van der Waals surface area (Å²) in [5, 5.41) is 5.68. The first-order valence-corrected chi connectivity index (χ1v) is 9.49. The van der Waals surface area contributed by atoms with Crippen LogP contribution in [0.2, 0.25) is 0 Å². The molecule has 29 heavy (non-hydrogen) atoms. The second kappa shape index (κ2) is 8.40. The van der Waals surface area contributed by atoms with Crippen molar-refractivity contribution in [2.24, 2.45) is 5.92 Å². The van der Waals surface area contributed by atoms with Gasteiger partial charge in [-0.2, -0.15) is 0 Å². The highest BCUT2D eigenvalue weighted by atomic mass is 32.1. The number of fused-ring (bicyclic) bond motifs is 1. The first-order chi connectivity index (χ1) is 13.8. The van der Waals surface area contributed by atoms with E-state index in [4.69, 9.17) is 17.0 Å². The van der Waals surface area contributed by atoms with Crippen molar-refractivity contribution in [2.75, 3.05) is 17.3 Å². The van der Waals surface area contributed by atoms with Gasteiger partial charge in [-0.15, -0.1) is 0 Å².